The second-order valence-electron chi connectivity index (χ2n) is 7.11. The van der Waals surface area contributed by atoms with E-state index in [9.17, 15) is 9.59 Å². The Morgan fingerprint density at radius 1 is 1.48 bits per heavy atom. The number of carbonyl (C=O) groups excluding carboxylic acids is 2. The molecule has 4 N–H and O–H groups in total. The minimum absolute atomic E-state index is 0.0449. The van der Waals surface area contributed by atoms with Gasteiger partial charge in [-0.15, -0.1) is 10.2 Å². The Morgan fingerprint density at radius 2 is 2.26 bits per heavy atom. The lowest BCUT2D eigenvalue weighted by Gasteiger charge is -2.34. The zero-order chi connectivity index (χ0) is 19.6. The molecule has 0 saturated carbocycles. The minimum atomic E-state index is -0.722. The number of aromatic nitrogens is 2. The predicted octanol–water partition coefficient (Wildman–Crippen LogP) is 0.764. The highest BCUT2D eigenvalue weighted by Gasteiger charge is 2.34. The number of nitrogen functional groups attached to an aromatic ring is 1. The molecule has 0 spiro atoms. The number of hydrogen-bond donors (Lipinski definition) is 3. The smallest absolute Gasteiger partial charge is 0.237 e. The second kappa shape index (κ2) is 7.65. The summed E-state index contributed by atoms with van der Waals surface area (Å²) in [6.07, 6.45) is 0.0449. The number of rotatable bonds is 6. The topological polar surface area (TPSA) is 126 Å². The van der Waals surface area contributed by atoms with E-state index in [2.05, 4.69) is 20.8 Å². The van der Waals surface area contributed by atoms with Crippen LogP contribution in [0, 0.1) is 6.92 Å². The van der Waals surface area contributed by atoms with Gasteiger partial charge in [0.15, 0.2) is 0 Å². The lowest BCUT2D eigenvalue weighted by atomic mass is 10.0. The second-order valence-corrected chi connectivity index (χ2v) is 8.12. The lowest BCUT2D eigenvalue weighted by molar-refractivity contribution is -0.135. The maximum absolute atomic E-state index is 12.6. The number of piperazine rings is 1. The summed E-state index contributed by atoms with van der Waals surface area (Å²) >= 11 is 1.23. The molecule has 0 aromatic carbocycles. The van der Waals surface area contributed by atoms with Crippen molar-refractivity contribution in [1.29, 1.82) is 0 Å². The number of aryl methyl sites for hydroxylation is 1. The number of hydrogen-bond acceptors (Lipinski definition) is 8. The van der Waals surface area contributed by atoms with Crippen molar-refractivity contribution in [1.82, 2.24) is 25.7 Å². The SMILES string of the molecule is Cc1ccc(CN2CCNC(=O)[C@H]2CC(=O)NC(C)(C)c2nnc(N)s2)o1. The van der Waals surface area contributed by atoms with E-state index < -0.39 is 11.6 Å². The maximum Gasteiger partial charge on any atom is 0.237 e. The molecule has 2 amide bonds. The summed E-state index contributed by atoms with van der Waals surface area (Å²) in [5.74, 6) is 1.20. The molecule has 1 saturated heterocycles. The van der Waals surface area contributed by atoms with E-state index in [0.29, 0.717) is 29.8 Å². The van der Waals surface area contributed by atoms with E-state index in [1.807, 2.05) is 37.8 Å². The number of nitrogens with one attached hydrogen (secondary N) is 2. The van der Waals surface area contributed by atoms with Crippen molar-refractivity contribution in [3.8, 4) is 0 Å². The van der Waals surface area contributed by atoms with Gasteiger partial charge in [0.05, 0.1) is 24.5 Å². The first-order valence-corrected chi connectivity index (χ1v) is 9.54. The fourth-order valence-electron chi connectivity index (χ4n) is 3.06. The van der Waals surface area contributed by atoms with E-state index in [-0.39, 0.29) is 18.2 Å². The van der Waals surface area contributed by atoms with Crippen LogP contribution in [0.1, 0.15) is 36.8 Å². The molecule has 27 heavy (non-hydrogen) atoms. The van der Waals surface area contributed by atoms with Gasteiger partial charge in [-0.05, 0) is 32.9 Å². The van der Waals surface area contributed by atoms with E-state index in [0.717, 1.165) is 11.5 Å². The molecule has 0 aliphatic carbocycles. The standard InChI is InChI=1S/C17H24N6O3S/c1-10-4-5-11(26-10)9-23-7-6-19-14(25)12(23)8-13(24)20-17(2,3)15-21-22-16(18)27-15/h4-5,12H,6-9H2,1-3H3,(H2,18,22)(H,19,25)(H,20,24)/t12-/m1/s1. The molecule has 1 aliphatic rings. The molecule has 1 atom stereocenters. The molecule has 10 heteroatoms. The highest BCUT2D eigenvalue weighted by molar-refractivity contribution is 7.15. The lowest BCUT2D eigenvalue weighted by Crippen LogP contribution is -2.56. The Bertz CT molecular complexity index is 830. The highest BCUT2D eigenvalue weighted by atomic mass is 32.1. The van der Waals surface area contributed by atoms with Gasteiger partial charge >= 0.3 is 0 Å². The summed E-state index contributed by atoms with van der Waals surface area (Å²) in [5.41, 5.74) is 4.91. The van der Waals surface area contributed by atoms with Gasteiger partial charge in [0.2, 0.25) is 16.9 Å². The van der Waals surface area contributed by atoms with Crippen LogP contribution in [0.5, 0.6) is 0 Å². The molecular weight excluding hydrogens is 368 g/mol. The van der Waals surface area contributed by atoms with Gasteiger partial charge in [-0.25, -0.2) is 0 Å². The highest BCUT2D eigenvalue weighted by Crippen LogP contribution is 2.25. The summed E-state index contributed by atoms with van der Waals surface area (Å²) in [6, 6.07) is 3.22. The average molecular weight is 392 g/mol. The van der Waals surface area contributed by atoms with Gasteiger partial charge in [0.1, 0.15) is 16.5 Å². The third kappa shape index (κ3) is 4.64. The third-order valence-corrected chi connectivity index (χ3v) is 5.48. The van der Waals surface area contributed by atoms with Crippen LogP contribution >= 0.6 is 11.3 Å². The van der Waals surface area contributed by atoms with Gasteiger partial charge in [0, 0.05) is 13.1 Å². The summed E-state index contributed by atoms with van der Waals surface area (Å²) < 4.78 is 5.62. The Hall–Kier alpha value is -2.46. The molecule has 9 nitrogen and oxygen atoms in total. The maximum atomic E-state index is 12.6. The number of amides is 2. The molecule has 2 aromatic rings. The van der Waals surface area contributed by atoms with Crippen molar-refractivity contribution in [3.05, 3.63) is 28.7 Å². The molecule has 3 heterocycles. The zero-order valence-electron chi connectivity index (χ0n) is 15.6. The number of furan rings is 1. The van der Waals surface area contributed by atoms with E-state index in [1.54, 1.807) is 0 Å². The van der Waals surface area contributed by atoms with Gasteiger partial charge < -0.3 is 20.8 Å². The summed E-state index contributed by atoms with van der Waals surface area (Å²) in [6.45, 7) is 7.21. The normalized spacial score (nSPS) is 18.3. The van der Waals surface area contributed by atoms with Gasteiger partial charge in [-0.2, -0.15) is 0 Å². The van der Waals surface area contributed by atoms with Gasteiger partial charge in [-0.3, -0.25) is 14.5 Å². The molecule has 1 aliphatic heterocycles. The minimum Gasteiger partial charge on any atom is -0.465 e. The Balaban J connectivity index is 1.66. The summed E-state index contributed by atoms with van der Waals surface area (Å²) in [5, 5.41) is 14.5. The number of carbonyl (C=O) groups is 2. The first kappa shape index (κ1) is 19.3. The Kier molecular flexibility index (Phi) is 5.47. The van der Waals surface area contributed by atoms with Crippen LogP contribution in [0.4, 0.5) is 5.13 Å². The molecule has 146 valence electrons. The van der Waals surface area contributed by atoms with Crippen LogP contribution in [0.3, 0.4) is 0 Å². The third-order valence-electron chi connectivity index (χ3n) is 4.40. The number of anilines is 1. The van der Waals surface area contributed by atoms with E-state index in [1.165, 1.54) is 11.3 Å². The number of nitrogens with two attached hydrogens (primary N) is 1. The van der Waals surface area contributed by atoms with Crippen LogP contribution in [-0.4, -0.2) is 46.0 Å². The molecule has 3 rings (SSSR count). The van der Waals surface area contributed by atoms with Crippen molar-refractivity contribution in [2.45, 2.75) is 45.3 Å². The fourth-order valence-corrected chi connectivity index (χ4v) is 3.73. The first-order chi connectivity index (χ1) is 12.7. The first-order valence-electron chi connectivity index (χ1n) is 8.72. The van der Waals surface area contributed by atoms with E-state index >= 15 is 0 Å². The van der Waals surface area contributed by atoms with Crippen LogP contribution in [0.15, 0.2) is 16.5 Å². The zero-order valence-corrected chi connectivity index (χ0v) is 16.4. The largest absolute Gasteiger partial charge is 0.465 e. The average Bonchev–Trinajstić information content (AvgIpc) is 3.19. The predicted molar refractivity (Wildman–Crippen MR) is 101 cm³/mol. The monoisotopic (exact) mass is 392 g/mol. The van der Waals surface area contributed by atoms with Crippen molar-refractivity contribution >= 4 is 28.3 Å². The van der Waals surface area contributed by atoms with Gasteiger partial charge in [-0.1, -0.05) is 11.3 Å². The van der Waals surface area contributed by atoms with Gasteiger partial charge in [0.25, 0.3) is 0 Å². The molecule has 0 unspecified atom stereocenters. The van der Waals surface area contributed by atoms with Crippen LogP contribution < -0.4 is 16.4 Å². The molecular formula is C17H24N6O3S. The molecule has 0 bridgehead atoms. The Morgan fingerprint density at radius 3 is 2.89 bits per heavy atom. The van der Waals surface area contributed by atoms with Crippen molar-refractivity contribution in [2.24, 2.45) is 0 Å². The Labute approximate surface area is 161 Å². The number of nitrogens with zero attached hydrogens (tertiary/aromatic N) is 3. The van der Waals surface area contributed by atoms with Crippen LogP contribution in [0.25, 0.3) is 0 Å². The fraction of sp³-hybridized carbons (Fsp3) is 0.529. The summed E-state index contributed by atoms with van der Waals surface area (Å²) in [7, 11) is 0. The van der Waals surface area contributed by atoms with Crippen LogP contribution in [-0.2, 0) is 21.7 Å². The molecule has 1 fully saturated rings. The van der Waals surface area contributed by atoms with Crippen molar-refractivity contribution < 1.29 is 14.0 Å². The van der Waals surface area contributed by atoms with Crippen molar-refractivity contribution in [2.75, 3.05) is 18.8 Å². The molecule has 0 radical (unpaired) electrons. The van der Waals surface area contributed by atoms with Crippen LogP contribution in [0.2, 0.25) is 0 Å². The quantitative estimate of drug-likeness (QED) is 0.662. The summed E-state index contributed by atoms with van der Waals surface area (Å²) in [4.78, 5) is 27.0. The molecule has 2 aromatic heterocycles. The van der Waals surface area contributed by atoms with Crippen molar-refractivity contribution in [3.63, 3.8) is 0 Å². The van der Waals surface area contributed by atoms with E-state index in [4.69, 9.17) is 10.2 Å².